The van der Waals surface area contributed by atoms with Crippen molar-refractivity contribution in [2.24, 2.45) is 11.8 Å². The summed E-state index contributed by atoms with van der Waals surface area (Å²) in [6, 6.07) is 4.34. The van der Waals surface area contributed by atoms with E-state index >= 15 is 0 Å². The highest BCUT2D eigenvalue weighted by Gasteiger charge is 2.30. The van der Waals surface area contributed by atoms with Crippen LogP contribution >= 0.6 is 11.3 Å². The number of hydrogen-bond acceptors (Lipinski definition) is 3. The maximum absolute atomic E-state index is 11.6. The van der Waals surface area contributed by atoms with Gasteiger partial charge in [0.2, 0.25) is 5.91 Å². The van der Waals surface area contributed by atoms with Crippen molar-refractivity contribution in [3.8, 4) is 0 Å². The fourth-order valence-electron chi connectivity index (χ4n) is 2.71. The summed E-state index contributed by atoms with van der Waals surface area (Å²) >= 11 is 1.84. The first-order valence-electron chi connectivity index (χ1n) is 7.33. The van der Waals surface area contributed by atoms with Gasteiger partial charge in [-0.3, -0.25) is 9.69 Å². The lowest BCUT2D eigenvalue weighted by Gasteiger charge is -2.31. The third-order valence-electron chi connectivity index (χ3n) is 4.18. The molecule has 3 rings (SSSR count). The molecule has 0 spiro atoms. The van der Waals surface area contributed by atoms with E-state index in [-0.39, 0.29) is 0 Å². The van der Waals surface area contributed by atoms with Crippen LogP contribution in [0.3, 0.4) is 0 Å². The summed E-state index contributed by atoms with van der Waals surface area (Å²) in [7, 11) is 0. The number of carbonyl (C=O) groups is 1. The molecule has 1 amide bonds. The fraction of sp³-hybridized carbons (Fsp3) is 0.667. The van der Waals surface area contributed by atoms with Crippen LogP contribution < -0.4 is 5.32 Å². The number of thiophene rings is 1. The molecule has 2 aliphatic rings. The maximum atomic E-state index is 11.6. The number of nitrogens with zero attached hydrogens (tertiary/aromatic N) is 1. The second-order valence-electron chi connectivity index (χ2n) is 5.82. The van der Waals surface area contributed by atoms with E-state index in [1.807, 2.05) is 11.3 Å². The van der Waals surface area contributed by atoms with Crippen molar-refractivity contribution in [2.75, 3.05) is 19.6 Å². The van der Waals surface area contributed by atoms with Crippen LogP contribution in [0.2, 0.25) is 0 Å². The molecule has 2 heterocycles. The van der Waals surface area contributed by atoms with Crippen LogP contribution in [0, 0.1) is 11.8 Å². The average Bonchev–Trinajstić information content (AvgIpc) is 3.17. The molecule has 104 valence electrons. The van der Waals surface area contributed by atoms with Gasteiger partial charge in [0.25, 0.3) is 0 Å². The smallest absolute Gasteiger partial charge is 0.223 e. The largest absolute Gasteiger partial charge is 0.356 e. The fourth-order valence-corrected chi connectivity index (χ4v) is 3.45. The van der Waals surface area contributed by atoms with E-state index in [0.717, 1.165) is 25.9 Å². The summed E-state index contributed by atoms with van der Waals surface area (Å²) in [6.45, 7) is 4.32. The van der Waals surface area contributed by atoms with Gasteiger partial charge in [-0.15, -0.1) is 11.3 Å². The van der Waals surface area contributed by atoms with Gasteiger partial charge in [-0.2, -0.15) is 0 Å². The lowest BCUT2D eigenvalue weighted by molar-refractivity contribution is -0.122. The molecule has 0 bridgehead atoms. The lowest BCUT2D eigenvalue weighted by atomic mass is 9.96. The molecule has 0 unspecified atom stereocenters. The van der Waals surface area contributed by atoms with Gasteiger partial charge in [0.05, 0.1) is 0 Å². The van der Waals surface area contributed by atoms with Gasteiger partial charge in [0.1, 0.15) is 0 Å². The summed E-state index contributed by atoms with van der Waals surface area (Å²) in [5, 5.41) is 5.27. The Hall–Kier alpha value is -0.870. The Kier molecular flexibility index (Phi) is 4.18. The van der Waals surface area contributed by atoms with E-state index in [9.17, 15) is 4.79 Å². The van der Waals surface area contributed by atoms with Crippen molar-refractivity contribution >= 4 is 17.2 Å². The molecule has 4 heteroatoms. The number of piperidine rings is 1. The third-order valence-corrected chi connectivity index (χ3v) is 5.04. The van der Waals surface area contributed by atoms with E-state index in [4.69, 9.17) is 0 Å². The van der Waals surface area contributed by atoms with Gasteiger partial charge in [-0.05, 0) is 56.1 Å². The highest BCUT2D eigenvalue weighted by Crippen LogP contribution is 2.29. The van der Waals surface area contributed by atoms with E-state index in [2.05, 4.69) is 27.7 Å². The van der Waals surface area contributed by atoms with E-state index < -0.39 is 0 Å². The number of carbonyl (C=O) groups excluding carboxylic acids is 1. The highest BCUT2D eigenvalue weighted by molar-refractivity contribution is 7.09. The molecule has 19 heavy (non-hydrogen) atoms. The molecule has 1 aliphatic heterocycles. The normalized spacial score (nSPS) is 21.5. The van der Waals surface area contributed by atoms with Crippen LogP contribution in [0.25, 0.3) is 0 Å². The van der Waals surface area contributed by atoms with Crippen molar-refractivity contribution in [1.82, 2.24) is 10.2 Å². The summed E-state index contributed by atoms with van der Waals surface area (Å²) in [6.07, 6.45) is 4.64. The molecule has 1 aromatic rings. The molecule has 3 nitrogen and oxygen atoms in total. The molecular formula is C15H22N2OS. The van der Waals surface area contributed by atoms with Gasteiger partial charge >= 0.3 is 0 Å². The minimum Gasteiger partial charge on any atom is -0.356 e. The van der Waals surface area contributed by atoms with Crippen LogP contribution in [0.4, 0.5) is 0 Å². The zero-order chi connectivity index (χ0) is 13.1. The number of rotatable bonds is 5. The first-order valence-corrected chi connectivity index (χ1v) is 8.21. The third kappa shape index (κ3) is 3.80. The zero-order valence-electron chi connectivity index (χ0n) is 11.3. The van der Waals surface area contributed by atoms with Crippen LogP contribution in [0.1, 0.15) is 30.6 Å². The predicted molar refractivity (Wildman–Crippen MR) is 78.1 cm³/mol. The van der Waals surface area contributed by atoms with Crippen molar-refractivity contribution in [3.63, 3.8) is 0 Å². The molecule has 1 N–H and O–H groups in total. The molecule has 0 aromatic carbocycles. The molecule has 0 radical (unpaired) electrons. The minimum atomic E-state index is 0.293. The first-order chi connectivity index (χ1) is 9.31. The highest BCUT2D eigenvalue weighted by atomic mass is 32.1. The second-order valence-corrected chi connectivity index (χ2v) is 6.85. The SMILES string of the molecule is O=C(NCC1CCN(Cc2cccs2)CC1)C1CC1. The van der Waals surface area contributed by atoms with Crippen molar-refractivity contribution in [2.45, 2.75) is 32.2 Å². The molecule has 1 saturated carbocycles. The molecule has 2 fully saturated rings. The van der Waals surface area contributed by atoms with Gasteiger partial charge in [0, 0.05) is 23.9 Å². The molecular weight excluding hydrogens is 256 g/mol. The Morgan fingerprint density at radius 1 is 1.32 bits per heavy atom. The summed E-state index contributed by atoms with van der Waals surface area (Å²) in [4.78, 5) is 15.6. The Morgan fingerprint density at radius 2 is 2.11 bits per heavy atom. The predicted octanol–water partition coefficient (Wildman–Crippen LogP) is 2.49. The van der Waals surface area contributed by atoms with Gasteiger partial charge in [0.15, 0.2) is 0 Å². The lowest BCUT2D eigenvalue weighted by Crippen LogP contribution is -2.38. The van der Waals surface area contributed by atoms with E-state index in [0.29, 0.717) is 17.7 Å². The van der Waals surface area contributed by atoms with Crippen LogP contribution in [0.5, 0.6) is 0 Å². The summed E-state index contributed by atoms with van der Waals surface area (Å²) in [5.41, 5.74) is 0. The Labute approximate surface area is 119 Å². The van der Waals surface area contributed by atoms with Crippen molar-refractivity contribution in [1.29, 1.82) is 0 Å². The van der Waals surface area contributed by atoms with Crippen LogP contribution in [-0.2, 0) is 11.3 Å². The standard InChI is InChI=1S/C15H22N2OS/c18-15(13-3-4-13)16-10-12-5-7-17(8-6-12)11-14-2-1-9-19-14/h1-2,9,12-13H,3-8,10-11H2,(H,16,18). The molecule has 0 atom stereocenters. The molecule has 1 saturated heterocycles. The maximum Gasteiger partial charge on any atom is 0.223 e. The van der Waals surface area contributed by atoms with Gasteiger partial charge < -0.3 is 5.32 Å². The number of hydrogen-bond donors (Lipinski definition) is 1. The van der Waals surface area contributed by atoms with Crippen molar-refractivity contribution < 1.29 is 4.79 Å². The van der Waals surface area contributed by atoms with E-state index in [1.54, 1.807) is 0 Å². The quantitative estimate of drug-likeness (QED) is 0.897. The average molecular weight is 278 g/mol. The number of nitrogens with one attached hydrogen (secondary N) is 1. The van der Waals surface area contributed by atoms with E-state index in [1.165, 1.54) is 30.8 Å². The Bertz CT molecular complexity index is 406. The first kappa shape index (κ1) is 13.1. The van der Waals surface area contributed by atoms with Crippen molar-refractivity contribution in [3.05, 3.63) is 22.4 Å². The van der Waals surface area contributed by atoms with Gasteiger partial charge in [-0.1, -0.05) is 6.07 Å². The summed E-state index contributed by atoms with van der Waals surface area (Å²) < 4.78 is 0. The molecule has 1 aliphatic carbocycles. The van der Waals surface area contributed by atoms with Gasteiger partial charge in [-0.25, -0.2) is 0 Å². The minimum absolute atomic E-state index is 0.293. The Morgan fingerprint density at radius 3 is 2.74 bits per heavy atom. The topological polar surface area (TPSA) is 32.3 Å². The second kappa shape index (κ2) is 6.06. The van der Waals surface area contributed by atoms with Crippen LogP contribution in [-0.4, -0.2) is 30.4 Å². The summed E-state index contributed by atoms with van der Waals surface area (Å²) in [5.74, 6) is 1.32. The monoisotopic (exact) mass is 278 g/mol. The zero-order valence-corrected chi connectivity index (χ0v) is 12.1. The number of likely N-dealkylation sites (tertiary alicyclic amines) is 1. The Balaban J connectivity index is 1.35. The molecule has 1 aromatic heterocycles. The number of amides is 1. The van der Waals surface area contributed by atoms with Crippen LogP contribution in [0.15, 0.2) is 17.5 Å².